The number of nitrogen functional groups attached to an aromatic ring is 1. The highest BCUT2D eigenvalue weighted by atomic mass is 79.9. The molecule has 3 rings (SSSR count). The van der Waals surface area contributed by atoms with Crippen molar-refractivity contribution in [1.29, 1.82) is 0 Å². The van der Waals surface area contributed by atoms with Gasteiger partial charge in [-0.15, -0.1) is 0 Å². The Morgan fingerprint density at radius 3 is 2.90 bits per heavy atom. The van der Waals surface area contributed by atoms with Crippen LogP contribution in [0.5, 0.6) is 0 Å². The predicted octanol–water partition coefficient (Wildman–Crippen LogP) is 2.87. The number of benzene rings is 1. The smallest absolute Gasteiger partial charge is 0.220 e. The molecule has 21 heavy (non-hydrogen) atoms. The highest BCUT2D eigenvalue weighted by Gasteiger charge is 2.28. The molecule has 2 aromatic rings. The number of fused-ring (bicyclic) bond motifs is 1. The molecule has 1 heterocycles. The lowest BCUT2D eigenvalue weighted by molar-refractivity contribution is 0.316. The summed E-state index contributed by atoms with van der Waals surface area (Å²) in [4.78, 5) is 8.15. The monoisotopic (exact) mass is 350 g/mol. The normalized spacial score (nSPS) is 19.5. The summed E-state index contributed by atoms with van der Waals surface area (Å²) >= 11 is 3.38. The number of hydrogen-bond acceptors (Lipinski definition) is 5. The summed E-state index contributed by atoms with van der Waals surface area (Å²) in [5.74, 6) is -0.0815. The molecule has 0 saturated carbocycles. The minimum atomic E-state index is -0.301. The van der Waals surface area contributed by atoms with Gasteiger partial charge in [-0.2, -0.15) is 0 Å². The van der Waals surface area contributed by atoms with Crippen LogP contribution in [0.3, 0.4) is 0 Å². The molecular weight excluding hydrogens is 339 g/mol. The van der Waals surface area contributed by atoms with Crippen LogP contribution in [0.1, 0.15) is 29.2 Å². The Hall–Kier alpha value is -2.02. The van der Waals surface area contributed by atoms with Crippen LogP contribution >= 0.6 is 15.9 Å². The number of aromatic nitrogens is 2. The minimum Gasteiger partial charge on any atom is -0.411 e. The third-order valence-corrected chi connectivity index (χ3v) is 4.29. The van der Waals surface area contributed by atoms with Gasteiger partial charge in [0.1, 0.15) is 5.82 Å². The second kappa shape index (κ2) is 5.40. The third kappa shape index (κ3) is 2.61. The molecule has 0 amide bonds. The van der Waals surface area contributed by atoms with E-state index in [0.29, 0.717) is 28.6 Å². The van der Waals surface area contributed by atoms with E-state index in [1.807, 2.05) is 0 Å². The number of nitrogens with two attached hydrogens (primary N) is 1. The maximum Gasteiger partial charge on any atom is 0.220 e. The molecule has 1 aromatic heterocycles. The van der Waals surface area contributed by atoms with Crippen molar-refractivity contribution in [2.45, 2.75) is 18.8 Å². The second-order valence-electron chi connectivity index (χ2n) is 4.91. The molecule has 0 radical (unpaired) electrons. The van der Waals surface area contributed by atoms with Gasteiger partial charge < -0.3 is 10.9 Å². The Balaban J connectivity index is 2.04. The Labute approximate surface area is 128 Å². The van der Waals surface area contributed by atoms with E-state index in [9.17, 15) is 9.60 Å². The zero-order valence-corrected chi connectivity index (χ0v) is 12.5. The van der Waals surface area contributed by atoms with Gasteiger partial charge in [-0.3, -0.25) is 0 Å². The zero-order chi connectivity index (χ0) is 15.0. The average Bonchev–Trinajstić information content (AvgIpc) is 2.45. The fourth-order valence-electron chi connectivity index (χ4n) is 2.63. The van der Waals surface area contributed by atoms with Crippen molar-refractivity contribution < 1.29 is 9.60 Å². The highest BCUT2D eigenvalue weighted by Crippen LogP contribution is 2.35. The molecule has 0 saturated heterocycles. The van der Waals surface area contributed by atoms with Crippen molar-refractivity contribution in [3.05, 3.63) is 51.5 Å². The minimum absolute atomic E-state index is 0.0349. The first-order valence-electron chi connectivity index (χ1n) is 6.36. The van der Waals surface area contributed by atoms with E-state index < -0.39 is 0 Å². The molecule has 1 aromatic carbocycles. The average molecular weight is 351 g/mol. The van der Waals surface area contributed by atoms with Crippen molar-refractivity contribution >= 4 is 27.6 Å². The van der Waals surface area contributed by atoms with Gasteiger partial charge in [0, 0.05) is 22.7 Å². The van der Waals surface area contributed by atoms with Gasteiger partial charge in [0.2, 0.25) is 5.95 Å². The number of halogens is 2. The van der Waals surface area contributed by atoms with Gasteiger partial charge in [0.05, 0.1) is 11.4 Å². The molecule has 0 fully saturated rings. The van der Waals surface area contributed by atoms with Crippen molar-refractivity contribution in [2.24, 2.45) is 5.16 Å². The van der Waals surface area contributed by atoms with Crippen LogP contribution in [0.15, 0.2) is 34.0 Å². The van der Waals surface area contributed by atoms with E-state index in [0.717, 1.165) is 11.3 Å². The molecule has 3 N–H and O–H groups in total. The maximum absolute atomic E-state index is 13.2. The van der Waals surface area contributed by atoms with Crippen molar-refractivity contribution in [1.82, 2.24) is 9.97 Å². The van der Waals surface area contributed by atoms with Crippen LogP contribution in [-0.2, 0) is 6.42 Å². The molecule has 1 aliphatic carbocycles. The van der Waals surface area contributed by atoms with Crippen LogP contribution in [0.2, 0.25) is 0 Å². The van der Waals surface area contributed by atoms with E-state index in [1.54, 1.807) is 12.3 Å². The first kappa shape index (κ1) is 13.9. The summed E-state index contributed by atoms with van der Waals surface area (Å²) in [6.45, 7) is 0. The van der Waals surface area contributed by atoms with Crippen LogP contribution in [0.25, 0.3) is 0 Å². The predicted molar refractivity (Wildman–Crippen MR) is 79.9 cm³/mol. The Morgan fingerprint density at radius 2 is 2.19 bits per heavy atom. The Bertz CT molecular complexity index is 735. The maximum atomic E-state index is 13.2. The Kier molecular flexibility index (Phi) is 3.59. The largest absolute Gasteiger partial charge is 0.411 e. The van der Waals surface area contributed by atoms with Crippen LogP contribution in [0, 0.1) is 5.82 Å². The number of rotatable bonds is 1. The first-order valence-corrected chi connectivity index (χ1v) is 7.15. The lowest BCUT2D eigenvalue weighted by atomic mass is 9.82. The van der Waals surface area contributed by atoms with Crippen LogP contribution in [-0.4, -0.2) is 20.9 Å². The lowest BCUT2D eigenvalue weighted by Crippen LogP contribution is -2.22. The summed E-state index contributed by atoms with van der Waals surface area (Å²) in [6.07, 6.45) is 2.73. The quantitative estimate of drug-likeness (QED) is 0.611. The molecule has 0 bridgehead atoms. The van der Waals surface area contributed by atoms with E-state index in [2.05, 4.69) is 31.1 Å². The fraction of sp³-hybridized carbons (Fsp3) is 0.214. The zero-order valence-electron chi connectivity index (χ0n) is 10.9. The van der Waals surface area contributed by atoms with E-state index >= 15 is 0 Å². The summed E-state index contributed by atoms with van der Waals surface area (Å²) in [7, 11) is 0. The third-order valence-electron chi connectivity index (χ3n) is 3.60. The molecule has 5 nitrogen and oxygen atoms in total. The SMILES string of the molecule is Nc1ncc2c(n1)CC(c1ccc(F)cc1Br)C/C2=N/O. The molecule has 1 aliphatic rings. The van der Waals surface area contributed by atoms with Gasteiger partial charge in [0.15, 0.2) is 0 Å². The summed E-state index contributed by atoms with van der Waals surface area (Å²) in [6, 6.07) is 4.57. The van der Waals surface area contributed by atoms with Gasteiger partial charge >= 0.3 is 0 Å². The van der Waals surface area contributed by atoms with Crippen LogP contribution in [0.4, 0.5) is 10.3 Å². The van der Waals surface area contributed by atoms with Crippen molar-refractivity contribution in [3.63, 3.8) is 0 Å². The van der Waals surface area contributed by atoms with Crippen molar-refractivity contribution in [2.75, 3.05) is 5.73 Å². The molecule has 7 heteroatoms. The Morgan fingerprint density at radius 1 is 1.38 bits per heavy atom. The second-order valence-corrected chi connectivity index (χ2v) is 5.76. The summed E-state index contributed by atoms with van der Waals surface area (Å²) in [5.41, 5.74) is 8.52. The number of oxime groups is 1. The van der Waals surface area contributed by atoms with Gasteiger partial charge in [-0.1, -0.05) is 27.2 Å². The van der Waals surface area contributed by atoms with E-state index in [-0.39, 0.29) is 17.7 Å². The van der Waals surface area contributed by atoms with Crippen LogP contribution < -0.4 is 5.73 Å². The number of anilines is 1. The fourth-order valence-corrected chi connectivity index (χ4v) is 3.30. The molecule has 0 spiro atoms. The van der Waals surface area contributed by atoms with Crippen molar-refractivity contribution in [3.8, 4) is 0 Å². The lowest BCUT2D eigenvalue weighted by Gasteiger charge is -2.25. The summed E-state index contributed by atoms with van der Waals surface area (Å²) < 4.78 is 13.9. The van der Waals surface area contributed by atoms with E-state index in [1.165, 1.54) is 12.1 Å². The summed E-state index contributed by atoms with van der Waals surface area (Å²) in [5, 5.41) is 12.6. The molecular formula is C14H12BrFN4O. The highest BCUT2D eigenvalue weighted by molar-refractivity contribution is 9.10. The molecule has 0 aliphatic heterocycles. The van der Waals surface area contributed by atoms with Gasteiger partial charge in [0.25, 0.3) is 0 Å². The standard InChI is InChI=1S/C14H12BrFN4O/c15-11-5-8(16)1-2-9(11)7-3-12-10(13(4-7)20-21)6-18-14(17)19-12/h1-2,5-7,21H,3-4H2,(H2,17,18,19)/b20-13-. The number of hydrogen-bond donors (Lipinski definition) is 2. The number of nitrogens with zero attached hydrogens (tertiary/aromatic N) is 3. The molecule has 1 unspecified atom stereocenters. The van der Waals surface area contributed by atoms with E-state index in [4.69, 9.17) is 5.73 Å². The molecule has 108 valence electrons. The van der Waals surface area contributed by atoms with Gasteiger partial charge in [-0.25, -0.2) is 14.4 Å². The van der Waals surface area contributed by atoms with Gasteiger partial charge in [-0.05, 0) is 30.0 Å². The molecule has 1 atom stereocenters. The first-order chi connectivity index (χ1) is 10.1. The topological polar surface area (TPSA) is 84.4 Å².